The first kappa shape index (κ1) is 34.0. The predicted molar refractivity (Wildman–Crippen MR) is 199 cm³/mol. The molecule has 6 rings (SSSR count). The lowest BCUT2D eigenvalue weighted by Crippen LogP contribution is -2.16. The fourth-order valence-electron chi connectivity index (χ4n) is 7.52. The highest BCUT2D eigenvalue weighted by Crippen LogP contribution is 2.58. The minimum absolute atomic E-state index is 0.0346. The van der Waals surface area contributed by atoms with Crippen molar-refractivity contribution in [1.82, 2.24) is 0 Å². The molecule has 2 aliphatic carbocycles. The van der Waals surface area contributed by atoms with Crippen LogP contribution >= 0.6 is 0 Å². The van der Waals surface area contributed by atoms with Crippen LogP contribution in [0.25, 0.3) is 22.3 Å². The molecule has 0 amide bonds. The molecule has 254 valence electrons. The maximum absolute atomic E-state index is 7.28. The molecular formula is C44H54O4. The molecule has 0 spiro atoms. The van der Waals surface area contributed by atoms with Gasteiger partial charge in [0, 0.05) is 28.0 Å². The highest BCUT2D eigenvalue weighted by atomic mass is 16.5. The molecule has 0 heterocycles. The van der Waals surface area contributed by atoms with E-state index in [0.717, 1.165) is 47.2 Å². The molecule has 0 saturated carbocycles. The Bertz CT molecular complexity index is 1840. The Hall–Kier alpha value is -3.92. The Labute approximate surface area is 288 Å². The van der Waals surface area contributed by atoms with E-state index in [4.69, 9.17) is 18.9 Å². The van der Waals surface area contributed by atoms with E-state index in [1.807, 2.05) is 0 Å². The first-order valence-corrected chi connectivity index (χ1v) is 17.9. The minimum Gasteiger partial charge on any atom is -0.491 e. The van der Waals surface area contributed by atoms with Crippen molar-refractivity contribution in [3.8, 4) is 51.0 Å². The first-order valence-electron chi connectivity index (χ1n) is 17.9. The van der Waals surface area contributed by atoms with Gasteiger partial charge in [-0.25, -0.2) is 0 Å². The summed E-state index contributed by atoms with van der Waals surface area (Å²) in [4.78, 5) is 0. The number of hydrogen-bond acceptors (Lipinski definition) is 4. The Morgan fingerprint density at radius 2 is 0.938 bits per heavy atom. The maximum Gasteiger partial charge on any atom is 0.139 e. The molecular weight excluding hydrogens is 592 g/mol. The molecule has 48 heavy (non-hydrogen) atoms. The van der Waals surface area contributed by atoms with Gasteiger partial charge in [0.05, 0.1) is 18.3 Å². The van der Waals surface area contributed by atoms with Crippen LogP contribution < -0.4 is 18.9 Å². The zero-order chi connectivity index (χ0) is 34.7. The van der Waals surface area contributed by atoms with Gasteiger partial charge in [0.2, 0.25) is 0 Å². The molecule has 4 nitrogen and oxygen atoms in total. The van der Waals surface area contributed by atoms with Crippen LogP contribution in [0.3, 0.4) is 0 Å². The number of rotatable bonds is 11. The van der Waals surface area contributed by atoms with Crippen molar-refractivity contribution in [3.63, 3.8) is 0 Å². The summed E-state index contributed by atoms with van der Waals surface area (Å²) in [5, 5.41) is 0. The third-order valence-corrected chi connectivity index (χ3v) is 9.80. The summed E-state index contributed by atoms with van der Waals surface area (Å²) in [7, 11) is 0. The van der Waals surface area contributed by atoms with Gasteiger partial charge in [0.1, 0.15) is 28.7 Å². The van der Waals surface area contributed by atoms with E-state index >= 15 is 0 Å². The van der Waals surface area contributed by atoms with Crippen LogP contribution in [0.2, 0.25) is 0 Å². The average Bonchev–Trinajstić information content (AvgIpc) is 3.34. The molecule has 0 bridgehead atoms. The van der Waals surface area contributed by atoms with Gasteiger partial charge in [-0.1, -0.05) is 59.7 Å². The predicted octanol–water partition coefficient (Wildman–Crippen LogP) is 12.0. The van der Waals surface area contributed by atoms with E-state index in [1.165, 1.54) is 44.5 Å². The van der Waals surface area contributed by atoms with E-state index in [2.05, 4.69) is 144 Å². The van der Waals surface area contributed by atoms with E-state index in [1.54, 1.807) is 0 Å². The van der Waals surface area contributed by atoms with Gasteiger partial charge >= 0.3 is 0 Å². The second-order valence-corrected chi connectivity index (χ2v) is 16.1. The number of fused-ring (bicyclic) bond motifs is 6. The lowest BCUT2D eigenvalue weighted by atomic mass is 9.81. The lowest BCUT2D eigenvalue weighted by Gasteiger charge is -2.24. The van der Waals surface area contributed by atoms with Crippen LogP contribution in [0.5, 0.6) is 28.7 Å². The second-order valence-electron chi connectivity index (χ2n) is 16.1. The van der Waals surface area contributed by atoms with Crippen molar-refractivity contribution >= 4 is 0 Å². The largest absolute Gasteiger partial charge is 0.491 e. The van der Waals surface area contributed by atoms with Crippen LogP contribution in [0.4, 0.5) is 0 Å². The van der Waals surface area contributed by atoms with Gasteiger partial charge in [-0.05, 0) is 136 Å². The van der Waals surface area contributed by atoms with Crippen molar-refractivity contribution < 1.29 is 18.9 Å². The van der Waals surface area contributed by atoms with Crippen molar-refractivity contribution in [2.45, 2.75) is 125 Å². The van der Waals surface area contributed by atoms with Crippen molar-refractivity contribution in [3.05, 3.63) is 88.5 Å². The summed E-state index contributed by atoms with van der Waals surface area (Å²) in [5.41, 5.74) is 10.5. The number of ether oxygens (including phenoxy) is 4. The fraction of sp³-hybridized carbons (Fsp3) is 0.455. The van der Waals surface area contributed by atoms with Crippen LogP contribution in [-0.4, -0.2) is 18.3 Å². The van der Waals surface area contributed by atoms with Gasteiger partial charge < -0.3 is 18.9 Å². The molecule has 0 fully saturated rings. The molecule has 4 aromatic carbocycles. The SMILES string of the molecule is CC(C)CCc1cc(Oc2cc(OC(C)C)cc3c2-c2ccc(OC(C)C)cc2C3(C)C)c2c(c1)C(C)(C)c1cc(OC(C)C)ccc1-2. The third-order valence-electron chi connectivity index (χ3n) is 9.80. The average molecular weight is 647 g/mol. The fourth-order valence-corrected chi connectivity index (χ4v) is 7.52. The molecule has 0 radical (unpaired) electrons. The smallest absolute Gasteiger partial charge is 0.139 e. The number of hydrogen-bond donors (Lipinski definition) is 0. The van der Waals surface area contributed by atoms with Gasteiger partial charge in [-0.2, -0.15) is 0 Å². The molecule has 0 aliphatic heterocycles. The second kappa shape index (κ2) is 12.5. The highest BCUT2D eigenvalue weighted by Gasteiger charge is 2.41. The topological polar surface area (TPSA) is 36.9 Å². The van der Waals surface area contributed by atoms with Gasteiger partial charge in [-0.3, -0.25) is 0 Å². The van der Waals surface area contributed by atoms with E-state index in [9.17, 15) is 0 Å². The maximum atomic E-state index is 7.28. The number of benzene rings is 4. The summed E-state index contributed by atoms with van der Waals surface area (Å²) in [6.45, 7) is 26.3. The van der Waals surface area contributed by atoms with Gasteiger partial charge in [0.25, 0.3) is 0 Å². The molecule has 0 saturated heterocycles. The molecule has 0 aromatic heterocycles. The van der Waals surface area contributed by atoms with Gasteiger partial charge in [-0.15, -0.1) is 0 Å². The zero-order valence-corrected chi connectivity index (χ0v) is 31.1. The minimum atomic E-state index is -0.266. The van der Waals surface area contributed by atoms with E-state index in [0.29, 0.717) is 5.92 Å². The van der Waals surface area contributed by atoms with Crippen molar-refractivity contribution in [1.29, 1.82) is 0 Å². The Kier molecular flexibility index (Phi) is 8.85. The Morgan fingerprint density at radius 1 is 0.500 bits per heavy atom. The monoisotopic (exact) mass is 646 g/mol. The Morgan fingerprint density at radius 3 is 1.42 bits per heavy atom. The van der Waals surface area contributed by atoms with Crippen molar-refractivity contribution in [2.24, 2.45) is 5.92 Å². The van der Waals surface area contributed by atoms with Crippen LogP contribution in [0, 0.1) is 5.92 Å². The molecule has 2 aliphatic rings. The summed E-state index contributed by atoms with van der Waals surface area (Å²) >= 11 is 0. The summed E-state index contributed by atoms with van der Waals surface area (Å²) in [6, 6.07) is 22.1. The van der Waals surface area contributed by atoms with Crippen LogP contribution in [-0.2, 0) is 17.3 Å². The Balaban J connectivity index is 1.56. The van der Waals surface area contributed by atoms with E-state index in [-0.39, 0.29) is 29.1 Å². The van der Waals surface area contributed by atoms with E-state index < -0.39 is 0 Å². The molecule has 0 atom stereocenters. The summed E-state index contributed by atoms with van der Waals surface area (Å²) in [5.74, 6) is 4.94. The lowest BCUT2D eigenvalue weighted by molar-refractivity contribution is 0.241. The van der Waals surface area contributed by atoms with Crippen LogP contribution in [0.1, 0.15) is 117 Å². The van der Waals surface area contributed by atoms with Crippen molar-refractivity contribution in [2.75, 3.05) is 0 Å². The molecule has 4 heteroatoms. The summed E-state index contributed by atoms with van der Waals surface area (Å²) in [6.07, 6.45) is 2.36. The normalized spacial score (nSPS) is 15.1. The quantitative estimate of drug-likeness (QED) is 0.162. The van der Waals surface area contributed by atoms with Gasteiger partial charge in [0.15, 0.2) is 0 Å². The summed E-state index contributed by atoms with van der Waals surface area (Å²) < 4.78 is 26.0. The number of aryl methyl sites for hydroxylation is 1. The standard InChI is InChI=1S/C44H54O4/c1-25(2)13-14-29-19-37-41(33-17-15-30(45-26(3)4)21-35(33)43(37,9)10)39(20-29)48-40-24-32(47-28(7)8)23-38-42(40)34-18-16-31(46-27(5)6)22-36(34)44(38,11)12/h15-28H,13-14H2,1-12H3. The zero-order valence-electron chi connectivity index (χ0n) is 31.1. The molecule has 4 aromatic rings. The molecule has 0 unspecified atom stereocenters. The first-order chi connectivity index (χ1) is 22.6. The van der Waals surface area contributed by atoms with Crippen LogP contribution in [0.15, 0.2) is 60.7 Å². The third kappa shape index (κ3) is 6.19. The molecule has 0 N–H and O–H groups in total. The highest BCUT2D eigenvalue weighted by molar-refractivity contribution is 5.89.